The molecule has 4 aromatic rings. The molecule has 4 nitrogen and oxygen atoms in total. The molecule has 2 aromatic heterocycles. The lowest BCUT2D eigenvalue weighted by atomic mass is 10.2. The number of carbonyl (C=O) groups is 1. The highest BCUT2D eigenvalue weighted by Gasteiger charge is 2.26. The van der Waals surface area contributed by atoms with Crippen LogP contribution in [0.1, 0.15) is 9.67 Å². The maximum Gasteiger partial charge on any atom is 0.271 e. The fraction of sp³-hybridized carbons (Fsp3) is 0.200. The molecule has 0 aliphatic carbocycles. The highest BCUT2D eigenvalue weighted by Crippen LogP contribution is 2.37. The van der Waals surface area contributed by atoms with Crippen LogP contribution < -0.4 is 4.90 Å². The van der Waals surface area contributed by atoms with Gasteiger partial charge in [0.2, 0.25) is 0 Å². The van der Waals surface area contributed by atoms with Crippen LogP contribution >= 0.6 is 34.3 Å². The summed E-state index contributed by atoms with van der Waals surface area (Å²) in [4.78, 5) is 22.1. The Kier molecular flexibility index (Phi) is 5.33. The number of aromatic nitrogens is 1. The van der Waals surface area contributed by atoms with Crippen LogP contribution in [0.15, 0.2) is 42.5 Å². The molecule has 144 valence electrons. The van der Waals surface area contributed by atoms with E-state index in [1.54, 1.807) is 11.0 Å². The van der Waals surface area contributed by atoms with Gasteiger partial charge in [-0.15, -0.1) is 11.3 Å². The van der Waals surface area contributed by atoms with Gasteiger partial charge in [-0.1, -0.05) is 41.1 Å². The van der Waals surface area contributed by atoms with Crippen molar-refractivity contribution in [2.75, 3.05) is 32.1 Å². The van der Waals surface area contributed by atoms with Crippen molar-refractivity contribution >= 4 is 65.6 Å². The Morgan fingerprint density at radius 1 is 1.11 bits per heavy atom. The Balaban J connectivity index is 1.77. The SMILES string of the molecule is CN(C)CCN(C(=O)c1sc2ccccc2c1Cl)c1nc2ccc(F)cc2s1. The lowest BCUT2D eigenvalue weighted by Crippen LogP contribution is -2.36. The molecule has 0 radical (unpaired) electrons. The molecule has 4 rings (SSSR count). The summed E-state index contributed by atoms with van der Waals surface area (Å²) in [7, 11) is 3.89. The quantitative estimate of drug-likeness (QED) is 0.416. The predicted molar refractivity (Wildman–Crippen MR) is 117 cm³/mol. The first-order valence-corrected chi connectivity index (χ1v) is 10.6. The number of likely N-dealkylation sites (N-methyl/N-ethyl adjacent to an activating group) is 1. The third kappa shape index (κ3) is 3.63. The molecule has 0 spiro atoms. The van der Waals surface area contributed by atoms with Crippen molar-refractivity contribution in [3.05, 3.63) is 58.2 Å². The smallest absolute Gasteiger partial charge is 0.271 e. The van der Waals surface area contributed by atoms with Gasteiger partial charge in [-0.05, 0) is 38.4 Å². The van der Waals surface area contributed by atoms with E-state index in [0.29, 0.717) is 38.3 Å². The summed E-state index contributed by atoms with van der Waals surface area (Å²) in [6.07, 6.45) is 0. The second kappa shape index (κ2) is 7.75. The van der Waals surface area contributed by atoms with E-state index in [0.717, 1.165) is 10.1 Å². The van der Waals surface area contributed by atoms with Crippen molar-refractivity contribution in [2.24, 2.45) is 0 Å². The largest absolute Gasteiger partial charge is 0.308 e. The molecule has 2 aromatic carbocycles. The first-order chi connectivity index (χ1) is 13.4. The molecule has 0 aliphatic rings. The van der Waals surface area contributed by atoms with Gasteiger partial charge in [0.15, 0.2) is 5.13 Å². The molecule has 0 saturated carbocycles. The van der Waals surface area contributed by atoms with E-state index >= 15 is 0 Å². The van der Waals surface area contributed by atoms with E-state index in [-0.39, 0.29) is 11.7 Å². The van der Waals surface area contributed by atoms with E-state index < -0.39 is 0 Å². The minimum atomic E-state index is -0.318. The number of anilines is 1. The molecule has 0 bridgehead atoms. The first-order valence-electron chi connectivity index (χ1n) is 8.64. The molecule has 8 heteroatoms. The molecule has 0 saturated heterocycles. The van der Waals surface area contributed by atoms with Gasteiger partial charge in [-0.2, -0.15) is 0 Å². The van der Waals surface area contributed by atoms with Crippen LogP contribution in [0.4, 0.5) is 9.52 Å². The van der Waals surface area contributed by atoms with Gasteiger partial charge in [0, 0.05) is 23.2 Å². The summed E-state index contributed by atoms with van der Waals surface area (Å²) in [5.41, 5.74) is 0.673. The average Bonchev–Trinajstić information content (AvgIpc) is 3.22. The Bertz CT molecular complexity index is 1170. The fourth-order valence-corrected chi connectivity index (χ4v) is 5.34. The van der Waals surface area contributed by atoms with Crippen LogP contribution in [0.2, 0.25) is 5.02 Å². The summed E-state index contributed by atoms with van der Waals surface area (Å²) in [6.45, 7) is 1.12. The van der Waals surface area contributed by atoms with Crippen LogP contribution in [-0.2, 0) is 0 Å². The summed E-state index contributed by atoms with van der Waals surface area (Å²) in [5.74, 6) is -0.506. The third-order valence-corrected chi connectivity index (χ3v) is 7.02. The molecule has 1 amide bonds. The first kappa shape index (κ1) is 19.3. The molecule has 0 N–H and O–H groups in total. The number of hydrogen-bond donors (Lipinski definition) is 0. The second-order valence-corrected chi connectivity index (χ2v) is 9.05. The number of nitrogens with zero attached hydrogens (tertiary/aromatic N) is 3. The van der Waals surface area contributed by atoms with Gasteiger partial charge in [-0.3, -0.25) is 9.69 Å². The Hall–Kier alpha value is -2.06. The minimum Gasteiger partial charge on any atom is -0.308 e. The van der Waals surface area contributed by atoms with Crippen LogP contribution in [0.3, 0.4) is 0 Å². The number of carbonyl (C=O) groups excluding carboxylic acids is 1. The summed E-state index contributed by atoms with van der Waals surface area (Å²) in [5, 5.41) is 1.88. The van der Waals surface area contributed by atoms with Gasteiger partial charge in [0.05, 0.1) is 15.2 Å². The van der Waals surface area contributed by atoms with E-state index in [4.69, 9.17) is 11.6 Å². The topological polar surface area (TPSA) is 36.4 Å². The van der Waals surface area contributed by atoms with Crippen molar-refractivity contribution < 1.29 is 9.18 Å². The van der Waals surface area contributed by atoms with Gasteiger partial charge in [0.1, 0.15) is 10.7 Å². The molecule has 0 unspecified atom stereocenters. The Morgan fingerprint density at radius 3 is 2.64 bits per heavy atom. The number of thiazole rings is 1. The van der Waals surface area contributed by atoms with Gasteiger partial charge in [0.25, 0.3) is 5.91 Å². The van der Waals surface area contributed by atoms with E-state index in [1.807, 2.05) is 43.3 Å². The Morgan fingerprint density at radius 2 is 1.89 bits per heavy atom. The zero-order chi connectivity index (χ0) is 19.8. The van der Waals surface area contributed by atoms with Gasteiger partial charge in [-0.25, -0.2) is 9.37 Å². The maximum atomic E-state index is 13.6. The third-order valence-electron chi connectivity index (χ3n) is 4.32. The number of rotatable bonds is 5. The van der Waals surface area contributed by atoms with Crippen LogP contribution in [0, 0.1) is 5.82 Å². The zero-order valence-corrected chi connectivity index (χ0v) is 17.7. The number of halogens is 2. The molecule has 0 atom stereocenters. The summed E-state index contributed by atoms with van der Waals surface area (Å²) < 4.78 is 15.2. The minimum absolute atomic E-state index is 0.187. The molecule has 28 heavy (non-hydrogen) atoms. The lowest BCUT2D eigenvalue weighted by molar-refractivity contribution is 0.0989. The van der Waals surface area contributed by atoms with Crippen molar-refractivity contribution in [3.8, 4) is 0 Å². The fourth-order valence-electron chi connectivity index (χ4n) is 2.86. The highest BCUT2D eigenvalue weighted by atomic mass is 35.5. The molecule has 0 fully saturated rings. The highest BCUT2D eigenvalue weighted by molar-refractivity contribution is 7.23. The van der Waals surface area contributed by atoms with E-state index in [1.165, 1.54) is 34.8 Å². The van der Waals surface area contributed by atoms with Crippen molar-refractivity contribution in [2.45, 2.75) is 0 Å². The van der Waals surface area contributed by atoms with Gasteiger partial charge < -0.3 is 4.90 Å². The van der Waals surface area contributed by atoms with Crippen LogP contribution in [0.5, 0.6) is 0 Å². The number of benzene rings is 2. The molecule has 0 aliphatic heterocycles. The van der Waals surface area contributed by atoms with Crippen molar-refractivity contribution in [1.29, 1.82) is 0 Å². The van der Waals surface area contributed by atoms with Crippen molar-refractivity contribution in [1.82, 2.24) is 9.88 Å². The standard InChI is InChI=1S/C20H17ClFN3OS2/c1-24(2)9-10-25(20-23-14-8-7-12(22)11-16(14)28-20)19(26)18-17(21)13-5-3-4-6-15(13)27-18/h3-8,11H,9-10H2,1-2H3. The number of amides is 1. The number of thiophene rings is 1. The van der Waals surface area contributed by atoms with Crippen LogP contribution in [-0.4, -0.2) is 43.0 Å². The van der Waals surface area contributed by atoms with E-state index in [9.17, 15) is 9.18 Å². The lowest BCUT2D eigenvalue weighted by Gasteiger charge is -2.21. The molecule has 2 heterocycles. The normalized spacial score (nSPS) is 11.6. The van der Waals surface area contributed by atoms with E-state index in [2.05, 4.69) is 4.98 Å². The van der Waals surface area contributed by atoms with Gasteiger partial charge >= 0.3 is 0 Å². The number of fused-ring (bicyclic) bond motifs is 2. The van der Waals surface area contributed by atoms with Crippen LogP contribution in [0.25, 0.3) is 20.3 Å². The predicted octanol–water partition coefficient (Wildman–Crippen LogP) is 5.51. The Labute approximate surface area is 174 Å². The number of hydrogen-bond acceptors (Lipinski definition) is 5. The molecular formula is C20H17ClFN3OS2. The van der Waals surface area contributed by atoms with Crippen molar-refractivity contribution in [3.63, 3.8) is 0 Å². The zero-order valence-electron chi connectivity index (χ0n) is 15.3. The second-order valence-electron chi connectivity index (χ2n) is 6.61. The summed E-state index contributed by atoms with van der Waals surface area (Å²) in [6, 6.07) is 12.1. The maximum absolute atomic E-state index is 13.6. The molecular weight excluding hydrogens is 417 g/mol. The summed E-state index contributed by atoms with van der Waals surface area (Å²) >= 11 is 9.21. The average molecular weight is 434 g/mol. The monoisotopic (exact) mass is 433 g/mol.